The maximum absolute atomic E-state index is 3.82. The Morgan fingerprint density at radius 1 is 0.346 bits per heavy atom. The summed E-state index contributed by atoms with van der Waals surface area (Å²) in [6.45, 7) is 41.5. The normalized spacial score (nSPS) is 13.5. The molecular formula is C72H80BCd2N3-2. The largest absolute Gasteiger partial charge is 0.359 e. The van der Waals surface area contributed by atoms with Crippen molar-refractivity contribution in [1.82, 2.24) is 0 Å². The van der Waals surface area contributed by atoms with Crippen LogP contribution in [0.2, 0.25) is 0 Å². The van der Waals surface area contributed by atoms with Crippen LogP contribution in [-0.2, 0) is 87.1 Å². The molecule has 0 amide bonds. The number of anilines is 9. The van der Waals surface area contributed by atoms with Crippen LogP contribution in [0.1, 0.15) is 158 Å². The molecule has 2 aliphatic rings. The van der Waals surface area contributed by atoms with Gasteiger partial charge >= 0.3 is 0 Å². The number of hydrogen-bond acceptors (Lipinski definition) is 3. The van der Waals surface area contributed by atoms with Crippen molar-refractivity contribution in [3.05, 3.63) is 203 Å². The monoisotopic (exact) mass is 1230 g/mol. The average Bonchev–Trinajstić information content (AvgIpc) is 3.53. The minimum atomic E-state index is -0.189. The van der Waals surface area contributed by atoms with Gasteiger partial charge in [0.2, 0.25) is 0 Å². The third kappa shape index (κ3) is 11.3. The Balaban J connectivity index is 0.00000401. The molecule has 2 aliphatic heterocycles. The zero-order valence-electron chi connectivity index (χ0n) is 50.3. The second kappa shape index (κ2) is 21.2. The van der Waals surface area contributed by atoms with Gasteiger partial charge in [0.15, 0.2) is 0 Å². The van der Waals surface area contributed by atoms with Crippen LogP contribution in [-0.4, -0.2) is 6.71 Å². The van der Waals surface area contributed by atoms with E-state index in [9.17, 15) is 0 Å². The molecule has 8 aromatic carbocycles. The quantitative estimate of drug-likeness (QED) is 0.121. The maximum atomic E-state index is 3.82. The summed E-state index contributed by atoms with van der Waals surface area (Å²) in [6, 6.07) is 68.4. The van der Waals surface area contributed by atoms with Crippen LogP contribution in [0.3, 0.4) is 0 Å². The summed E-state index contributed by atoms with van der Waals surface area (Å²) in [7, 11) is 0. The zero-order valence-corrected chi connectivity index (χ0v) is 58.4. The fourth-order valence-corrected chi connectivity index (χ4v) is 11.2. The van der Waals surface area contributed by atoms with E-state index >= 15 is 0 Å². The molecule has 0 atom stereocenters. The molecule has 8 aromatic rings. The van der Waals surface area contributed by atoms with Crippen molar-refractivity contribution in [3.8, 4) is 11.1 Å². The number of fused-ring (bicyclic) bond motifs is 4. The number of rotatable bonds is 6. The number of benzene rings is 8. The topological polar surface area (TPSA) is 9.72 Å². The molecule has 0 unspecified atom stereocenters. The van der Waals surface area contributed by atoms with Crippen molar-refractivity contribution >= 4 is 74.3 Å². The molecule has 78 heavy (non-hydrogen) atoms. The predicted molar refractivity (Wildman–Crippen MR) is 330 cm³/mol. The van der Waals surface area contributed by atoms with Gasteiger partial charge in [-0.25, -0.2) is 0 Å². The molecule has 0 aliphatic carbocycles. The van der Waals surface area contributed by atoms with E-state index in [1.165, 1.54) is 83.6 Å². The molecule has 0 fully saturated rings. The van der Waals surface area contributed by atoms with Crippen molar-refractivity contribution in [1.29, 1.82) is 0 Å². The summed E-state index contributed by atoms with van der Waals surface area (Å²) in [5.74, 6) is 0. The summed E-state index contributed by atoms with van der Waals surface area (Å²) in [6.07, 6.45) is 0. The Bertz CT molecular complexity index is 3410. The average molecular weight is 1220 g/mol. The van der Waals surface area contributed by atoms with Gasteiger partial charge in [0.1, 0.15) is 0 Å². The van der Waals surface area contributed by atoms with Gasteiger partial charge in [-0.3, -0.25) is 17.7 Å². The Morgan fingerprint density at radius 2 is 0.744 bits per heavy atom. The molecule has 2 heterocycles. The summed E-state index contributed by atoms with van der Waals surface area (Å²) in [5, 5.41) is 0. The standard InChI is InChI=1S/C72H80BN3.2Cd/c1-67(2,3)48-24-32-54(33-25-48)74(55-34-26-49(27-35-55)68(4,5)6)57-38-40-60-63(46-57)76(61-41-31-51(70(10,11)12)42-58(61)47-22-20-19-21-23-47)65-45-53(72(16,17)18)44-64-66(65)73(60)59-39-30-52(71(13,14)15)43-62(59)75(64)56-36-28-50(29-37-56)69(7,8)9;;/h19-35,38-46H,1-18H3;;/q-2;;. The fourth-order valence-electron chi connectivity index (χ4n) is 11.2. The van der Waals surface area contributed by atoms with Crippen molar-refractivity contribution in [2.75, 3.05) is 14.7 Å². The molecule has 0 saturated carbocycles. The van der Waals surface area contributed by atoms with Crippen molar-refractivity contribution in [2.24, 2.45) is 0 Å². The maximum Gasteiger partial charge on any atom is 0.252 e. The van der Waals surface area contributed by atoms with Gasteiger partial charge < -0.3 is 26.8 Å². The molecule has 0 aromatic heterocycles. The molecule has 0 radical (unpaired) electrons. The SMILES string of the molecule is CC(C)(C)c1c[c-]c(N2c3cc(C(C)(C)C)ccc3B3c4ccc(N(c5ccc(C(C)(C)C)cc5)c5ccc(C(C)(C)C)cc5)cc4N(c4ccc(C(C)(C)C)cc4-c4ccccc4)c4cc(C(C)(C)C)cc2c43)[c-]c1.[Cd].[Cd]. The predicted octanol–water partition coefficient (Wildman–Crippen LogP) is 18.3. The van der Waals surface area contributed by atoms with Crippen LogP contribution in [0.5, 0.6) is 0 Å². The first-order valence-electron chi connectivity index (χ1n) is 27.7. The zero-order chi connectivity index (χ0) is 54.7. The minimum Gasteiger partial charge on any atom is -0.359 e. The van der Waals surface area contributed by atoms with E-state index in [1.807, 2.05) is 0 Å². The van der Waals surface area contributed by atoms with Crippen LogP contribution in [0.25, 0.3) is 11.1 Å². The van der Waals surface area contributed by atoms with Gasteiger partial charge in [-0.15, -0.1) is 5.41 Å². The Hall–Kier alpha value is -4.93. The Morgan fingerprint density at radius 3 is 1.23 bits per heavy atom. The smallest absolute Gasteiger partial charge is 0.252 e. The molecule has 10 rings (SSSR count). The van der Waals surface area contributed by atoms with Crippen molar-refractivity contribution in [3.63, 3.8) is 0 Å². The third-order valence-corrected chi connectivity index (χ3v) is 16.0. The van der Waals surface area contributed by atoms with Crippen LogP contribution in [0.4, 0.5) is 51.2 Å². The second-order valence-electron chi connectivity index (χ2n) is 28.0. The molecule has 0 spiro atoms. The van der Waals surface area contributed by atoms with Gasteiger partial charge in [-0.1, -0.05) is 203 Å². The minimum absolute atomic E-state index is 0. The van der Waals surface area contributed by atoms with E-state index in [0.717, 1.165) is 28.4 Å². The second-order valence-corrected chi connectivity index (χ2v) is 28.0. The summed E-state index contributed by atoms with van der Waals surface area (Å²) in [4.78, 5) is 7.58. The van der Waals surface area contributed by atoms with Gasteiger partial charge in [-0.2, -0.15) is 5.69 Å². The van der Waals surface area contributed by atoms with Crippen LogP contribution >= 0.6 is 0 Å². The third-order valence-electron chi connectivity index (χ3n) is 16.0. The van der Waals surface area contributed by atoms with E-state index in [4.69, 9.17) is 0 Å². The van der Waals surface area contributed by atoms with Gasteiger partial charge in [0, 0.05) is 100.0 Å². The molecule has 6 heteroatoms. The van der Waals surface area contributed by atoms with Crippen molar-refractivity contribution in [2.45, 2.75) is 157 Å². The van der Waals surface area contributed by atoms with E-state index in [2.05, 4.69) is 309 Å². The molecule has 392 valence electrons. The molecule has 0 bridgehead atoms. The van der Waals surface area contributed by atoms with Crippen LogP contribution < -0.4 is 31.1 Å². The van der Waals surface area contributed by atoms with Crippen LogP contribution in [0.15, 0.2) is 158 Å². The van der Waals surface area contributed by atoms with Gasteiger partial charge in [-0.05, 0) is 144 Å². The number of nitrogens with zero attached hydrogens (tertiary/aromatic N) is 3. The van der Waals surface area contributed by atoms with E-state index in [-0.39, 0.29) is 93.8 Å². The number of hydrogen-bond donors (Lipinski definition) is 0. The molecular weight excluding hydrogens is 1140 g/mol. The Labute approximate surface area is 510 Å². The van der Waals surface area contributed by atoms with Crippen molar-refractivity contribution < 1.29 is 54.6 Å². The van der Waals surface area contributed by atoms with E-state index < -0.39 is 0 Å². The molecule has 3 nitrogen and oxygen atoms in total. The summed E-state index contributed by atoms with van der Waals surface area (Å²) in [5.41, 5.74) is 23.7. The Kier molecular flexibility index (Phi) is 16.1. The van der Waals surface area contributed by atoms with Gasteiger partial charge in [0.05, 0.1) is 5.69 Å². The first-order chi connectivity index (χ1) is 35.5. The van der Waals surface area contributed by atoms with E-state index in [1.54, 1.807) is 0 Å². The first kappa shape index (κ1) is 59.2. The molecule has 0 N–H and O–H groups in total. The summed E-state index contributed by atoms with van der Waals surface area (Å²) >= 11 is 0. The van der Waals surface area contributed by atoms with E-state index in [0.29, 0.717) is 0 Å². The van der Waals surface area contributed by atoms with Crippen LogP contribution in [0, 0.1) is 12.1 Å². The fraction of sp³-hybridized carbons (Fsp3) is 0.333. The first-order valence-corrected chi connectivity index (χ1v) is 27.7. The molecule has 0 saturated heterocycles. The van der Waals surface area contributed by atoms with Gasteiger partial charge in [0.25, 0.3) is 6.71 Å². The summed E-state index contributed by atoms with van der Waals surface area (Å²) < 4.78 is 0.